The Hall–Kier alpha value is -3.78. The lowest BCUT2D eigenvalue weighted by atomic mass is 10.2. The van der Waals surface area contributed by atoms with E-state index in [9.17, 15) is 18.0 Å². The van der Waals surface area contributed by atoms with Gasteiger partial charge >= 0.3 is 5.97 Å². The number of ether oxygens (including phenoxy) is 1. The van der Waals surface area contributed by atoms with E-state index in [-0.39, 0.29) is 5.75 Å². The van der Waals surface area contributed by atoms with Crippen molar-refractivity contribution in [3.63, 3.8) is 0 Å². The number of nitrogens with zero attached hydrogens (tertiary/aromatic N) is 2. The molecule has 7 nitrogen and oxygen atoms in total. The fourth-order valence-electron chi connectivity index (χ4n) is 3.41. The average molecular weight is 449 g/mol. The van der Waals surface area contributed by atoms with E-state index in [1.54, 1.807) is 36.4 Å². The highest BCUT2D eigenvalue weighted by atomic mass is 32.2. The molecule has 0 bridgehead atoms. The first-order valence-electron chi connectivity index (χ1n) is 9.90. The molecule has 32 heavy (non-hydrogen) atoms. The molecule has 0 N–H and O–H groups in total. The van der Waals surface area contributed by atoms with Gasteiger partial charge in [0.05, 0.1) is 23.0 Å². The minimum atomic E-state index is -3.37. The van der Waals surface area contributed by atoms with E-state index in [1.807, 2.05) is 30.3 Å². The molecule has 162 valence electrons. The number of pyridine rings is 1. The normalized spacial score (nSPS) is 16.9. The molecule has 0 spiro atoms. The number of amides is 1. The van der Waals surface area contributed by atoms with Gasteiger partial charge in [-0.3, -0.25) is 4.79 Å². The molecule has 0 radical (unpaired) electrons. The van der Waals surface area contributed by atoms with Crippen LogP contribution in [-0.4, -0.2) is 43.7 Å². The Kier molecular flexibility index (Phi) is 6.13. The Morgan fingerprint density at radius 3 is 2.53 bits per heavy atom. The van der Waals surface area contributed by atoms with Gasteiger partial charge in [-0.25, -0.2) is 18.2 Å². The minimum Gasteiger partial charge on any atom is -0.452 e. The van der Waals surface area contributed by atoms with Gasteiger partial charge in [0.2, 0.25) is 0 Å². The molecule has 1 unspecified atom stereocenters. The molecule has 1 aliphatic rings. The van der Waals surface area contributed by atoms with Crippen LogP contribution in [0.15, 0.2) is 84.3 Å². The van der Waals surface area contributed by atoms with Crippen molar-refractivity contribution in [3.8, 4) is 0 Å². The topological polar surface area (TPSA) is 93.6 Å². The van der Waals surface area contributed by atoms with E-state index in [1.165, 1.54) is 23.1 Å². The molecule has 2 aromatic carbocycles. The maximum absolute atomic E-state index is 12.9. The zero-order valence-corrected chi connectivity index (χ0v) is 17.8. The highest BCUT2D eigenvalue weighted by molar-refractivity contribution is 7.94. The summed E-state index contributed by atoms with van der Waals surface area (Å²) in [5.41, 5.74) is 1.91. The highest BCUT2D eigenvalue weighted by Gasteiger charge is 2.31. The predicted molar refractivity (Wildman–Crippen MR) is 122 cm³/mol. The van der Waals surface area contributed by atoms with Crippen LogP contribution in [0.2, 0.25) is 0 Å². The summed E-state index contributed by atoms with van der Waals surface area (Å²) in [6.45, 7) is -0.520. The SMILES string of the molecule is O=C(/C=C/c1ccc2ccccc2n1)OCC(=O)N(c1ccccc1)C1C=CS(=O)(=O)C1. The molecule has 4 rings (SSSR count). The molecule has 1 aromatic heterocycles. The summed E-state index contributed by atoms with van der Waals surface area (Å²) in [5, 5.41) is 2.09. The Morgan fingerprint density at radius 1 is 1.03 bits per heavy atom. The number of sulfone groups is 1. The average Bonchev–Trinajstić information content (AvgIpc) is 3.16. The van der Waals surface area contributed by atoms with Gasteiger partial charge in [-0.2, -0.15) is 0 Å². The third kappa shape index (κ3) is 5.09. The number of esters is 1. The van der Waals surface area contributed by atoms with Crippen LogP contribution in [0, 0.1) is 0 Å². The highest BCUT2D eigenvalue weighted by Crippen LogP contribution is 2.23. The van der Waals surface area contributed by atoms with Crippen LogP contribution >= 0.6 is 0 Å². The number of anilines is 1. The van der Waals surface area contributed by atoms with Crippen LogP contribution in [0.5, 0.6) is 0 Å². The van der Waals surface area contributed by atoms with Crippen molar-refractivity contribution in [2.75, 3.05) is 17.3 Å². The van der Waals surface area contributed by atoms with E-state index >= 15 is 0 Å². The first kappa shape index (κ1) is 21.5. The second-order valence-corrected chi connectivity index (χ2v) is 9.13. The molecule has 8 heteroatoms. The molecule has 3 aromatic rings. The molecule has 1 amide bonds. The van der Waals surface area contributed by atoms with Gasteiger partial charge < -0.3 is 9.64 Å². The summed E-state index contributed by atoms with van der Waals surface area (Å²) in [7, 11) is -3.37. The predicted octanol–water partition coefficient (Wildman–Crippen LogP) is 3.14. The van der Waals surface area contributed by atoms with Crippen molar-refractivity contribution in [1.82, 2.24) is 4.98 Å². The minimum absolute atomic E-state index is 0.213. The number of rotatable bonds is 6. The van der Waals surface area contributed by atoms with Crippen LogP contribution in [0.4, 0.5) is 5.69 Å². The third-order valence-electron chi connectivity index (χ3n) is 4.89. The molecule has 0 saturated heterocycles. The maximum atomic E-state index is 12.9. The van der Waals surface area contributed by atoms with Crippen molar-refractivity contribution in [3.05, 3.63) is 90.0 Å². The zero-order chi connectivity index (χ0) is 22.6. The Labute approximate surface area is 185 Å². The Bertz CT molecular complexity index is 1320. The molecule has 0 fully saturated rings. The van der Waals surface area contributed by atoms with Crippen molar-refractivity contribution in [2.45, 2.75) is 6.04 Å². The van der Waals surface area contributed by atoms with Crippen LogP contribution in [0.25, 0.3) is 17.0 Å². The Morgan fingerprint density at radius 2 is 1.78 bits per heavy atom. The monoisotopic (exact) mass is 448 g/mol. The van der Waals surface area contributed by atoms with Gasteiger partial charge in [0.25, 0.3) is 5.91 Å². The van der Waals surface area contributed by atoms with E-state index < -0.39 is 34.4 Å². The first-order chi connectivity index (χ1) is 15.4. The van der Waals surface area contributed by atoms with Crippen molar-refractivity contribution in [2.24, 2.45) is 0 Å². The van der Waals surface area contributed by atoms with E-state index in [0.717, 1.165) is 16.3 Å². The largest absolute Gasteiger partial charge is 0.452 e. The summed E-state index contributed by atoms with van der Waals surface area (Å²) >= 11 is 0. The number of benzene rings is 2. The number of hydrogen-bond acceptors (Lipinski definition) is 6. The number of para-hydroxylation sites is 2. The van der Waals surface area contributed by atoms with Crippen LogP contribution in [0.1, 0.15) is 5.69 Å². The number of aromatic nitrogens is 1. The summed E-state index contributed by atoms with van der Waals surface area (Å²) < 4.78 is 28.8. The first-order valence-corrected chi connectivity index (χ1v) is 11.6. The summed E-state index contributed by atoms with van der Waals surface area (Å²) in [4.78, 5) is 30.8. The van der Waals surface area contributed by atoms with Crippen molar-refractivity contribution >= 4 is 44.4 Å². The van der Waals surface area contributed by atoms with Crippen LogP contribution in [-0.2, 0) is 24.2 Å². The smallest absolute Gasteiger partial charge is 0.331 e. The third-order valence-corrected chi connectivity index (χ3v) is 6.27. The zero-order valence-electron chi connectivity index (χ0n) is 17.0. The molecule has 1 aliphatic heterocycles. The second-order valence-electron chi connectivity index (χ2n) is 7.19. The summed E-state index contributed by atoms with van der Waals surface area (Å²) in [5.74, 6) is -1.43. The van der Waals surface area contributed by atoms with E-state index in [0.29, 0.717) is 11.4 Å². The lowest BCUT2D eigenvalue weighted by Crippen LogP contribution is -2.43. The van der Waals surface area contributed by atoms with Crippen LogP contribution < -0.4 is 4.90 Å². The molecular weight excluding hydrogens is 428 g/mol. The fourth-order valence-corrected chi connectivity index (χ4v) is 4.68. The number of carbonyl (C=O) groups is 2. The van der Waals surface area contributed by atoms with Gasteiger partial charge in [-0.05, 0) is 36.4 Å². The number of hydrogen-bond donors (Lipinski definition) is 0. The molecule has 1 atom stereocenters. The van der Waals surface area contributed by atoms with Gasteiger partial charge in [0, 0.05) is 22.6 Å². The molecular formula is C24H20N2O5S. The van der Waals surface area contributed by atoms with Gasteiger partial charge in [0.15, 0.2) is 16.4 Å². The summed E-state index contributed by atoms with van der Waals surface area (Å²) in [6, 6.07) is 19.3. The van der Waals surface area contributed by atoms with Crippen LogP contribution in [0.3, 0.4) is 0 Å². The maximum Gasteiger partial charge on any atom is 0.331 e. The standard InChI is InChI=1S/C24H20N2O5S/c27-23(26(20-7-2-1-3-8-20)21-14-15-32(29,30)17-21)16-31-24(28)13-12-19-11-10-18-6-4-5-9-22(18)25-19/h1-15,21H,16-17H2/b13-12+. The lowest BCUT2D eigenvalue weighted by molar-refractivity contribution is -0.143. The van der Waals surface area contributed by atoms with Gasteiger partial charge in [-0.15, -0.1) is 0 Å². The van der Waals surface area contributed by atoms with Crippen molar-refractivity contribution in [1.29, 1.82) is 0 Å². The molecule has 0 aliphatic carbocycles. The Balaban J connectivity index is 1.42. The fraction of sp³-hybridized carbons (Fsp3) is 0.125. The van der Waals surface area contributed by atoms with E-state index in [4.69, 9.17) is 4.74 Å². The van der Waals surface area contributed by atoms with Gasteiger partial charge in [-0.1, -0.05) is 42.5 Å². The second kappa shape index (κ2) is 9.15. The number of fused-ring (bicyclic) bond motifs is 1. The lowest BCUT2D eigenvalue weighted by Gasteiger charge is -2.27. The number of carbonyl (C=O) groups excluding carboxylic acids is 2. The van der Waals surface area contributed by atoms with E-state index in [2.05, 4.69) is 4.98 Å². The molecule has 0 saturated carbocycles. The summed E-state index contributed by atoms with van der Waals surface area (Å²) in [6.07, 6.45) is 4.19. The quantitative estimate of drug-likeness (QED) is 0.425. The molecule has 2 heterocycles. The van der Waals surface area contributed by atoms with Crippen molar-refractivity contribution < 1.29 is 22.7 Å². The van der Waals surface area contributed by atoms with Gasteiger partial charge in [0.1, 0.15) is 0 Å².